The van der Waals surface area contributed by atoms with Gasteiger partial charge in [0.25, 0.3) is 10.1 Å². The van der Waals surface area contributed by atoms with E-state index in [2.05, 4.69) is 0 Å². The molecule has 0 radical (unpaired) electrons. The molecule has 0 saturated heterocycles. The number of aliphatic hydroxyl groups is 1. The Hall–Kier alpha value is -1.22. The van der Waals surface area contributed by atoms with Gasteiger partial charge in [-0.05, 0) is 12.1 Å². The summed E-state index contributed by atoms with van der Waals surface area (Å²) in [6, 6.07) is 5.59. The first-order chi connectivity index (χ1) is 9.30. The lowest BCUT2D eigenvalue weighted by molar-refractivity contribution is -0.679. The number of hydrogen-bond acceptors (Lipinski definition) is 5. The van der Waals surface area contributed by atoms with Crippen molar-refractivity contribution in [3.63, 3.8) is 0 Å². The lowest BCUT2D eigenvalue weighted by Crippen LogP contribution is -2.43. The van der Waals surface area contributed by atoms with Crippen LogP contribution < -0.4 is 9.30 Å². The molecular formula is C12H16NO5S2+. The van der Waals surface area contributed by atoms with Gasteiger partial charge in [-0.15, -0.1) is 0 Å². The first-order valence-electron chi connectivity index (χ1n) is 5.90. The topological polar surface area (TPSA) is 87.7 Å². The SMILES string of the molecule is COc1ccc2sc(C)[n+](C[C@@H](O)CS(=O)(=O)O)c2c1. The highest BCUT2D eigenvalue weighted by atomic mass is 32.2. The second kappa shape index (κ2) is 5.65. The fourth-order valence-corrected chi connectivity index (χ4v) is 3.64. The van der Waals surface area contributed by atoms with E-state index >= 15 is 0 Å². The number of methoxy groups -OCH3 is 1. The zero-order chi connectivity index (χ0) is 14.9. The molecule has 6 nitrogen and oxygen atoms in total. The Morgan fingerprint density at radius 1 is 1.45 bits per heavy atom. The van der Waals surface area contributed by atoms with Gasteiger partial charge in [0.05, 0.1) is 13.2 Å². The molecule has 2 rings (SSSR count). The van der Waals surface area contributed by atoms with E-state index in [-0.39, 0.29) is 6.54 Å². The number of aliphatic hydroxyl groups excluding tert-OH is 1. The fraction of sp³-hybridized carbons (Fsp3) is 0.417. The normalized spacial score (nSPS) is 13.6. The van der Waals surface area contributed by atoms with Gasteiger partial charge < -0.3 is 9.84 Å². The van der Waals surface area contributed by atoms with Crippen LogP contribution in [0.4, 0.5) is 0 Å². The van der Waals surface area contributed by atoms with Gasteiger partial charge in [-0.1, -0.05) is 11.3 Å². The summed E-state index contributed by atoms with van der Waals surface area (Å²) in [5.74, 6) is 0.00845. The molecule has 1 aromatic carbocycles. The van der Waals surface area contributed by atoms with Crippen molar-refractivity contribution in [3.05, 3.63) is 23.2 Å². The van der Waals surface area contributed by atoms with Crippen molar-refractivity contribution in [1.82, 2.24) is 0 Å². The number of benzene rings is 1. The van der Waals surface area contributed by atoms with Crippen molar-refractivity contribution in [3.8, 4) is 5.75 Å². The van der Waals surface area contributed by atoms with Gasteiger partial charge in [0.2, 0.25) is 10.5 Å². The summed E-state index contributed by atoms with van der Waals surface area (Å²) in [5.41, 5.74) is 0.862. The predicted molar refractivity (Wildman–Crippen MR) is 75.7 cm³/mol. The van der Waals surface area contributed by atoms with Gasteiger partial charge in [-0.2, -0.15) is 13.0 Å². The highest BCUT2D eigenvalue weighted by Gasteiger charge is 2.24. The molecule has 20 heavy (non-hydrogen) atoms. The molecule has 8 heteroatoms. The van der Waals surface area contributed by atoms with Crippen LogP contribution in [0.15, 0.2) is 18.2 Å². The van der Waals surface area contributed by atoms with Crippen LogP contribution in [-0.2, 0) is 16.7 Å². The maximum Gasteiger partial charge on any atom is 0.267 e. The smallest absolute Gasteiger partial charge is 0.267 e. The predicted octanol–water partition coefficient (Wildman–Crippen LogP) is 0.755. The number of aryl methyl sites for hydroxylation is 1. The molecule has 0 bridgehead atoms. The number of fused-ring (bicyclic) bond motifs is 1. The van der Waals surface area contributed by atoms with Crippen molar-refractivity contribution in [2.75, 3.05) is 12.9 Å². The molecule has 0 fully saturated rings. The van der Waals surface area contributed by atoms with Crippen molar-refractivity contribution in [2.45, 2.75) is 19.6 Å². The third-order valence-electron chi connectivity index (χ3n) is 2.89. The molecule has 110 valence electrons. The van der Waals surface area contributed by atoms with Crippen LogP contribution in [0.1, 0.15) is 5.01 Å². The Labute approximate surface area is 121 Å². The van der Waals surface area contributed by atoms with Crippen LogP contribution in [0.2, 0.25) is 0 Å². The van der Waals surface area contributed by atoms with E-state index in [1.165, 1.54) is 0 Å². The van der Waals surface area contributed by atoms with Crippen LogP contribution in [0, 0.1) is 6.92 Å². The molecular weight excluding hydrogens is 302 g/mol. The number of ether oxygens (including phenoxy) is 1. The van der Waals surface area contributed by atoms with Crippen LogP contribution >= 0.6 is 11.3 Å². The van der Waals surface area contributed by atoms with Gasteiger partial charge in [-0.3, -0.25) is 4.55 Å². The molecule has 0 unspecified atom stereocenters. The van der Waals surface area contributed by atoms with Gasteiger partial charge >= 0.3 is 0 Å². The number of thiazole rings is 1. The standard InChI is InChI=1S/C12H15NO5S2/c1-8-13(6-9(14)7-20(15,16)17)11-5-10(18-2)3-4-12(11)19-8/h3-5,9,14H,6-7H2,1-2H3/p+1/t9-/m1/s1. The summed E-state index contributed by atoms with van der Waals surface area (Å²) in [5, 5.41) is 10.7. The van der Waals surface area contributed by atoms with Crippen molar-refractivity contribution >= 4 is 31.7 Å². The molecule has 0 aliphatic rings. The minimum atomic E-state index is -4.19. The van der Waals surface area contributed by atoms with Crippen LogP contribution in [-0.4, -0.2) is 37.0 Å². The van der Waals surface area contributed by atoms with E-state index in [0.717, 1.165) is 15.2 Å². The van der Waals surface area contributed by atoms with Gasteiger partial charge in [0, 0.05) is 6.92 Å². The first kappa shape index (κ1) is 15.2. The Balaban J connectivity index is 2.35. The summed E-state index contributed by atoms with van der Waals surface area (Å²) < 4.78 is 38.3. The monoisotopic (exact) mass is 318 g/mol. The average Bonchev–Trinajstić information content (AvgIpc) is 2.63. The molecule has 0 aliphatic carbocycles. The minimum absolute atomic E-state index is 0.0960. The number of rotatable bonds is 5. The van der Waals surface area contributed by atoms with Gasteiger partial charge in [-0.25, -0.2) is 0 Å². The van der Waals surface area contributed by atoms with Crippen molar-refractivity contribution in [1.29, 1.82) is 0 Å². The summed E-state index contributed by atoms with van der Waals surface area (Å²) in [4.78, 5) is 0. The van der Waals surface area contributed by atoms with E-state index in [9.17, 15) is 13.5 Å². The summed E-state index contributed by atoms with van der Waals surface area (Å²) >= 11 is 1.54. The number of hydrogen-bond donors (Lipinski definition) is 2. The Morgan fingerprint density at radius 3 is 2.75 bits per heavy atom. The van der Waals surface area contributed by atoms with Crippen LogP contribution in [0.5, 0.6) is 5.75 Å². The average molecular weight is 318 g/mol. The molecule has 0 aliphatic heterocycles. The Kier molecular flexibility index (Phi) is 4.28. The third-order valence-corrected chi connectivity index (χ3v) is 4.78. The second-order valence-corrected chi connectivity index (χ2v) is 7.20. The van der Waals surface area contributed by atoms with Crippen LogP contribution in [0.3, 0.4) is 0 Å². The molecule has 0 amide bonds. The summed E-state index contributed by atoms with van der Waals surface area (Å²) in [6.07, 6.45) is -1.17. The first-order valence-corrected chi connectivity index (χ1v) is 8.33. The lowest BCUT2D eigenvalue weighted by Gasteiger charge is -2.05. The van der Waals surface area contributed by atoms with E-state index < -0.39 is 22.0 Å². The zero-order valence-corrected chi connectivity index (χ0v) is 12.7. The quantitative estimate of drug-likeness (QED) is 0.627. The molecule has 1 aromatic heterocycles. The van der Waals surface area contributed by atoms with Crippen molar-refractivity contribution in [2.24, 2.45) is 0 Å². The van der Waals surface area contributed by atoms with E-state index in [1.54, 1.807) is 18.4 Å². The fourth-order valence-electron chi connectivity index (χ4n) is 2.04. The lowest BCUT2D eigenvalue weighted by atomic mass is 10.3. The molecule has 2 aromatic rings. The van der Waals surface area contributed by atoms with Gasteiger partial charge in [0.1, 0.15) is 22.3 Å². The van der Waals surface area contributed by atoms with Crippen molar-refractivity contribution < 1.29 is 27.4 Å². The largest absolute Gasteiger partial charge is 0.497 e. The molecule has 2 N–H and O–H groups in total. The number of nitrogens with zero attached hydrogens (tertiary/aromatic N) is 1. The van der Waals surface area contributed by atoms with Crippen LogP contribution in [0.25, 0.3) is 10.2 Å². The summed E-state index contributed by atoms with van der Waals surface area (Å²) in [6.45, 7) is 1.98. The highest BCUT2D eigenvalue weighted by Crippen LogP contribution is 2.24. The molecule has 0 spiro atoms. The molecule has 1 heterocycles. The minimum Gasteiger partial charge on any atom is -0.497 e. The van der Waals surface area contributed by atoms with Gasteiger partial charge in [0.15, 0.2) is 6.54 Å². The molecule has 1 atom stereocenters. The summed E-state index contributed by atoms with van der Waals surface area (Å²) in [7, 11) is -2.62. The molecule has 0 saturated carbocycles. The Morgan fingerprint density at radius 2 is 2.15 bits per heavy atom. The second-order valence-electron chi connectivity index (χ2n) is 4.47. The third kappa shape index (κ3) is 3.45. The maximum absolute atomic E-state index is 10.8. The van der Waals surface area contributed by atoms with E-state index in [0.29, 0.717) is 5.75 Å². The maximum atomic E-state index is 10.8. The number of aromatic nitrogens is 1. The van der Waals surface area contributed by atoms with E-state index in [1.807, 2.05) is 29.7 Å². The zero-order valence-electron chi connectivity index (χ0n) is 11.1. The highest BCUT2D eigenvalue weighted by molar-refractivity contribution is 7.85. The van der Waals surface area contributed by atoms with E-state index in [4.69, 9.17) is 9.29 Å². The Bertz CT molecular complexity index is 723.